The van der Waals surface area contributed by atoms with Crippen LogP contribution >= 0.6 is 24.0 Å². The second-order valence-electron chi connectivity index (χ2n) is 5.11. The highest BCUT2D eigenvalue weighted by molar-refractivity contribution is 8.22. The van der Waals surface area contributed by atoms with Gasteiger partial charge in [0.1, 0.15) is 16.1 Å². The monoisotopic (exact) mass is 347 g/mol. The average molecular weight is 347 g/mol. The lowest BCUT2D eigenvalue weighted by molar-refractivity contribution is -0.139. The zero-order valence-corrected chi connectivity index (χ0v) is 14.1. The first-order chi connectivity index (χ1) is 11.2. The topological polar surface area (TPSA) is 47.6 Å². The summed E-state index contributed by atoms with van der Waals surface area (Å²) in [5, 5.41) is 5.29. The van der Waals surface area contributed by atoms with E-state index in [0.717, 1.165) is 22.3 Å². The van der Waals surface area contributed by atoms with Crippen LogP contribution in [0.1, 0.15) is 6.42 Å². The number of ether oxygens (including phenoxy) is 2. The fourth-order valence-electron chi connectivity index (χ4n) is 2.42. The van der Waals surface area contributed by atoms with Crippen molar-refractivity contribution < 1.29 is 14.3 Å². The molecule has 1 atom stereocenters. The Morgan fingerprint density at radius 1 is 1.30 bits per heavy atom. The lowest BCUT2D eigenvalue weighted by Crippen LogP contribution is -2.35. The van der Waals surface area contributed by atoms with Crippen molar-refractivity contribution >= 4 is 45.0 Å². The molecule has 120 valence electrons. The van der Waals surface area contributed by atoms with Crippen LogP contribution in [0.5, 0.6) is 5.75 Å². The molecule has 1 heterocycles. The van der Waals surface area contributed by atoms with Gasteiger partial charge in [-0.05, 0) is 11.5 Å². The van der Waals surface area contributed by atoms with Crippen LogP contribution in [0.4, 0.5) is 0 Å². The van der Waals surface area contributed by atoms with E-state index in [-0.39, 0.29) is 12.0 Å². The van der Waals surface area contributed by atoms with Crippen LogP contribution in [0.15, 0.2) is 42.5 Å². The van der Waals surface area contributed by atoms with E-state index in [1.54, 1.807) is 0 Å². The molecule has 1 aliphatic heterocycles. The molecule has 1 saturated heterocycles. The average Bonchev–Trinajstić information content (AvgIpc) is 2.96. The molecule has 0 saturated carbocycles. The molecule has 2 aromatic rings. The summed E-state index contributed by atoms with van der Waals surface area (Å²) < 4.78 is 11.4. The van der Waals surface area contributed by atoms with Gasteiger partial charge in [0.15, 0.2) is 0 Å². The second kappa shape index (κ2) is 7.66. The van der Waals surface area contributed by atoms with Crippen molar-refractivity contribution in [3.05, 3.63) is 42.5 Å². The third-order valence-electron chi connectivity index (χ3n) is 3.55. The number of carbonyl (C=O) groups is 1. The summed E-state index contributed by atoms with van der Waals surface area (Å²) in [6.45, 7) is 1.02. The van der Waals surface area contributed by atoms with Crippen molar-refractivity contribution in [2.24, 2.45) is 0 Å². The molecule has 6 heteroatoms. The first-order valence-electron chi connectivity index (χ1n) is 7.44. The molecule has 1 aliphatic rings. The number of hydrogen-bond donors (Lipinski definition) is 1. The summed E-state index contributed by atoms with van der Waals surface area (Å²) in [6, 6.07) is 13.9. The molecule has 2 aromatic carbocycles. The van der Waals surface area contributed by atoms with E-state index in [1.807, 2.05) is 24.3 Å². The smallest absolute Gasteiger partial charge is 0.328 e. The third kappa shape index (κ3) is 4.14. The largest absolute Gasteiger partial charge is 0.492 e. The minimum Gasteiger partial charge on any atom is -0.492 e. The standard InChI is InChI=1S/C17H17NO3S2/c19-16-14(8-9-21-16)18-17(22)23-11-10-20-15-7-3-5-12-4-1-2-6-13(12)15/h1-7,14H,8-11H2,(H,18,22)/t14-/m0/s1. The van der Waals surface area contributed by atoms with E-state index in [9.17, 15) is 4.79 Å². The van der Waals surface area contributed by atoms with Crippen LogP contribution < -0.4 is 10.1 Å². The molecule has 4 nitrogen and oxygen atoms in total. The zero-order valence-electron chi connectivity index (χ0n) is 12.5. The second-order valence-corrected chi connectivity index (χ2v) is 6.89. The zero-order chi connectivity index (χ0) is 16.1. The van der Waals surface area contributed by atoms with E-state index in [2.05, 4.69) is 23.5 Å². The van der Waals surface area contributed by atoms with Crippen LogP contribution in [0.3, 0.4) is 0 Å². The van der Waals surface area contributed by atoms with Gasteiger partial charge in [-0.2, -0.15) is 0 Å². The van der Waals surface area contributed by atoms with Gasteiger partial charge in [-0.1, -0.05) is 60.4 Å². The van der Waals surface area contributed by atoms with Crippen LogP contribution in [0.2, 0.25) is 0 Å². The Morgan fingerprint density at radius 2 is 2.13 bits per heavy atom. The maximum atomic E-state index is 11.4. The van der Waals surface area contributed by atoms with Crippen LogP contribution in [-0.2, 0) is 9.53 Å². The predicted molar refractivity (Wildman–Crippen MR) is 97.0 cm³/mol. The molecule has 0 aliphatic carbocycles. The van der Waals surface area contributed by atoms with E-state index in [4.69, 9.17) is 21.7 Å². The normalized spacial score (nSPS) is 17.0. The van der Waals surface area contributed by atoms with Gasteiger partial charge in [-0.15, -0.1) is 0 Å². The lowest BCUT2D eigenvalue weighted by Gasteiger charge is -2.12. The first-order valence-corrected chi connectivity index (χ1v) is 8.84. The van der Waals surface area contributed by atoms with E-state index < -0.39 is 0 Å². The van der Waals surface area contributed by atoms with E-state index in [1.165, 1.54) is 11.8 Å². The summed E-state index contributed by atoms with van der Waals surface area (Å²) in [5.74, 6) is 1.37. The van der Waals surface area contributed by atoms with Gasteiger partial charge in [0.05, 0.1) is 13.2 Å². The number of thiocarbonyl (C=S) groups is 1. The number of rotatable bonds is 5. The van der Waals surface area contributed by atoms with Crippen molar-refractivity contribution in [2.45, 2.75) is 12.5 Å². The predicted octanol–water partition coefficient (Wildman–Crippen LogP) is 3.14. The molecule has 1 fully saturated rings. The van der Waals surface area contributed by atoms with Crippen LogP contribution in [-0.4, -0.2) is 35.3 Å². The van der Waals surface area contributed by atoms with Gasteiger partial charge in [-0.25, -0.2) is 4.79 Å². The van der Waals surface area contributed by atoms with Crippen LogP contribution in [0, 0.1) is 0 Å². The Labute approximate surface area is 144 Å². The highest BCUT2D eigenvalue weighted by atomic mass is 32.2. The number of nitrogens with one attached hydrogen (secondary N) is 1. The Bertz CT molecular complexity index is 715. The Morgan fingerprint density at radius 3 is 2.96 bits per heavy atom. The molecule has 0 bridgehead atoms. The molecule has 1 N–H and O–H groups in total. The first kappa shape index (κ1) is 16.1. The van der Waals surface area contributed by atoms with Gasteiger partial charge in [0, 0.05) is 17.6 Å². The van der Waals surface area contributed by atoms with Crippen molar-refractivity contribution in [1.29, 1.82) is 0 Å². The number of cyclic esters (lactones) is 1. The summed E-state index contributed by atoms with van der Waals surface area (Å²) in [6.07, 6.45) is 0.673. The lowest BCUT2D eigenvalue weighted by atomic mass is 10.1. The molecule has 0 unspecified atom stereocenters. The van der Waals surface area contributed by atoms with E-state index >= 15 is 0 Å². The Hall–Kier alpha value is -1.79. The molecule has 0 radical (unpaired) electrons. The molecule has 0 aromatic heterocycles. The van der Waals surface area contributed by atoms with Crippen molar-refractivity contribution in [3.63, 3.8) is 0 Å². The summed E-state index contributed by atoms with van der Waals surface area (Å²) in [4.78, 5) is 11.4. The fourth-order valence-corrected chi connectivity index (χ4v) is 3.39. The molecular formula is C17H17NO3S2. The minimum atomic E-state index is -0.297. The van der Waals surface area contributed by atoms with E-state index in [0.29, 0.717) is 24.0 Å². The van der Waals surface area contributed by atoms with Crippen molar-refractivity contribution in [1.82, 2.24) is 5.32 Å². The molecule has 3 rings (SSSR count). The summed E-state index contributed by atoms with van der Waals surface area (Å²) in [7, 11) is 0. The molecular weight excluding hydrogens is 330 g/mol. The number of esters is 1. The highest BCUT2D eigenvalue weighted by Gasteiger charge is 2.26. The fraction of sp³-hybridized carbons (Fsp3) is 0.294. The Balaban J connectivity index is 1.46. The summed E-state index contributed by atoms with van der Waals surface area (Å²) in [5.41, 5.74) is 0. The molecule has 0 spiro atoms. The minimum absolute atomic E-state index is 0.222. The summed E-state index contributed by atoms with van der Waals surface area (Å²) >= 11 is 6.72. The Kier molecular flexibility index (Phi) is 5.35. The van der Waals surface area contributed by atoms with Gasteiger partial charge >= 0.3 is 5.97 Å². The number of benzene rings is 2. The maximum Gasteiger partial charge on any atom is 0.328 e. The quantitative estimate of drug-likeness (QED) is 0.509. The van der Waals surface area contributed by atoms with Gasteiger partial charge < -0.3 is 14.8 Å². The van der Waals surface area contributed by atoms with Crippen LogP contribution in [0.25, 0.3) is 10.8 Å². The van der Waals surface area contributed by atoms with Crippen molar-refractivity contribution in [2.75, 3.05) is 19.0 Å². The highest BCUT2D eigenvalue weighted by Crippen LogP contribution is 2.25. The number of carbonyl (C=O) groups excluding carboxylic acids is 1. The number of fused-ring (bicyclic) bond motifs is 1. The third-order valence-corrected chi connectivity index (χ3v) is 4.77. The van der Waals surface area contributed by atoms with Gasteiger partial charge in [-0.3, -0.25) is 0 Å². The maximum absolute atomic E-state index is 11.4. The van der Waals surface area contributed by atoms with Crippen molar-refractivity contribution in [3.8, 4) is 5.75 Å². The SMILES string of the molecule is O=C1OCC[C@@H]1NC(=S)SCCOc1cccc2ccccc12. The molecule has 23 heavy (non-hydrogen) atoms. The van der Waals surface area contributed by atoms with Gasteiger partial charge in [0.2, 0.25) is 0 Å². The number of thioether (sulfide) groups is 1. The number of hydrogen-bond acceptors (Lipinski definition) is 5. The van der Waals surface area contributed by atoms with Gasteiger partial charge in [0.25, 0.3) is 0 Å². The molecule has 0 amide bonds.